The number of rotatable bonds is 5. The van der Waals surface area contributed by atoms with Gasteiger partial charge in [-0.2, -0.15) is 0 Å². The highest BCUT2D eigenvalue weighted by Gasteiger charge is 2.21. The second kappa shape index (κ2) is 5.78. The Labute approximate surface area is 106 Å². The van der Waals surface area contributed by atoms with E-state index in [0.717, 1.165) is 13.0 Å². The summed E-state index contributed by atoms with van der Waals surface area (Å²) in [5.41, 5.74) is 2.58. The minimum Gasteiger partial charge on any atom is -0.465 e. The summed E-state index contributed by atoms with van der Waals surface area (Å²) in [5.74, 6) is -0.599. The average molecular weight is 247 g/mol. The van der Waals surface area contributed by atoms with Crippen LogP contribution in [0.3, 0.4) is 0 Å². The fourth-order valence-electron chi connectivity index (χ4n) is 2.18. The van der Waals surface area contributed by atoms with Gasteiger partial charge in [-0.3, -0.25) is 9.59 Å². The van der Waals surface area contributed by atoms with E-state index in [-0.39, 0.29) is 18.2 Å². The van der Waals surface area contributed by atoms with Gasteiger partial charge in [-0.25, -0.2) is 0 Å². The zero-order chi connectivity index (χ0) is 13.0. The number of hydrogen-bond donors (Lipinski definition) is 1. The molecule has 1 atom stereocenters. The van der Waals surface area contributed by atoms with Gasteiger partial charge in [0.1, 0.15) is 12.2 Å². The number of ether oxygens (including phenoxy) is 1. The molecule has 0 spiro atoms. The summed E-state index contributed by atoms with van der Waals surface area (Å²) < 4.78 is 5.03. The normalized spacial score (nSPS) is 17.3. The van der Waals surface area contributed by atoms with Crippen LogP contribution in [-0.4, -0.2) is 18.4 Å². The molecule has 1 aliphatic heterocycles. The number of Topliss-reactive ketones (excluding diaryl/α,β-unsaturated/α-hetero) is 1. The predicted octanol–water partition coefficient (Wildman–Crippen LogP) is 1.74. The van der Waals surface area contributed by atoms with E-state index >= 15 is 0 Å². The quantitative estimate of drug-likeness (QED) is 0.636. The molecule has 0 bridgehead atoms. The molecule has 0 saturated heterocycles. The van der Waals surface area contributed by atoms with Gasteiger partial charge in [0.05, 0.1) is 6.61 Å². The van der Waals surface area contributed by atoms with E-state index in [9.17, 15) is 9.59 Å². The zero-order valence-electron chi connectivity index (χ0n) is 10.4. The second-order valence-electron chi connectivity index (χ2n) is 4.52. The van der Waals surface area contributed by atoms with Crippen LogP contribution >= 0.6 is 0 Å². The first-order valence-electron chi connectivity index (χ1n) is 6.13. The zero-order valence-corrected chi connectivity index (χ0v) is 10.4. The van der Waals surface area contributed by atoms with Gasteiger partial charge < -0.3 is 10.1 Å². The molecule has 4 heteroatoms. The lowest BCUT2D eigenvalue weighted by molar-refractivity contribution is -0.145. The summed E-state index contributed by atoms with van der Waals surface area (Å²) in [7, 11) is 0. The number of ketones is 1. The maximum atomic E-state index is 11.2. The van der Waals surface area contributed by atoms with Crippen LogP contribution in [-0.2, 0) is 20.9 Å². The van der Waals surface area contributed by atoms with E-state index in [2.05, 4.69) is 17.4 Å². The number of carbonyl (C=O) groups is 2. The molecule has 2 rings (SSSR count). The van der Waals surface area contributed by atoms with Crippen molar-refractivity contribution in [1.82, 2.24) is 5.32 Å². The van der Waals surface area contributed by atoms with Crippen molar-refractivity contribution in [1.29, 1.82) is 0 Å². The van der Waals surface area contributed by atoms with Crippen LogP contribution < -0.4 is 5.32 Å². The Hall–Kier alpha value is -1.68. The van der Waals surface area contributed by atoms with Gasteiger partial charge >= 0.3 is 5.97 Å². The molecule has 1 N–H and O–H groups in total. The summed E-state index contributed by atoms with van der Waals surface area (Å²) in [4.78, 5) is 21.9. The highest BCUT2D eigenvalue weighted by Crippen LogP contribution is 2.27. The first kappa shape index (κ1) is 12.8. The van der Waals surface area contributed by atoms with E-state index in [1.54, 1.807) is 0 Å². The minimum atomic E-state index is -0.436. The molecule has 0 saturated carbocycles. The number of fused-ring (bicyclic) bond motifs is 1. The fourth-order valence-corrected chi connectivity index (χ4v) is 2.18. The lowest BCUT2D eigenvalue weighted by Gasteiger charge is -2.12. The average Bonchev–Trinajstić information content (AvgIpc) is 2.72. The molecule has 0 aromatic heterocycles. The van der Waals surface area contributed by atoms with Crippen LogP contribution in [0.5, 0.6) is 0 Å². The van der Waals surface area contributed by atoms with Crippen LogP contribution in [0, 0.1) is 0 Å². The molecule has 0 fully saturated rings. The number of carbonyl (C=O) groups excluding carboxylic acids is 2. The Morgan fingerprint density at radius 3 is 2.94 bits per heavy atom. The highest BCUT2D eigenvalue weighted by molar-refractivity contribution is 5.94. The molecule has 96 valence electrons. The molecule has 1 heterocycles. The van der Waals surface area contributed by atoms with E-state index in [1.807, 2.05) is 12.1 Å². The maximum absolute atomic E-state index is 11.2. The maximum Gasteiger partial charge on any atom is 0.313 e. The molecule has 1 aromatic rings. The van der Waals surface area contributed by atoms with E-state index in [1.165, 1.54) is 18.1 Å². The summed E-state index contributed by atoms with van der Waals surface area (Å²) in [5, 5.41) is 3.38. The van der Waals surface area contributed by atoms with Crippen LogP contribution in [0.4, 0.5) is 0 Å². The molecular formula is C14H17NO3. The first-order chi connectivity index (χ1) is 8.66. The molecular weight excluding hydrogens is 230 g/mol. The van der Waals surface area contributed by atoms with Crippen molar-refractivity contribution in [3.05, 3.63) is 35.4 Å². The molecule has 4 nitrogen and oxygen atoms in total. The second-order valence-corrected chi connectivity index (χ2v) is 4.52. The summed E-state index contributed by atoms with van der Waals surface area (Å²) >= 11 is 0. The highest BCUT2D eigenvalue weighted by atomic mass is 16.5. The largest absolute Gasteiger partial charge is 0.465 e. The third-order valence-electron chi connectivity index (χ3n) is 3.03. The minimum absolute atomic E-state index is 0.130. The smallest absolute Gasteiger partial charge is 0.313 e. The van der Waals surface area contributed by atoms with Crippen LogP contribution in [0.1, 0.15) is 36.9 Å². The van der Waals surface area contributed by atoms with Crippen molar-refractivity contribution in [3.8, 4) is 0 Å². The summed E-state index contributed by atoms with van der Waals surface area (Å²) in [6, 6.07) is 8.48. The Balaban J connectivity index is 1.79. The molecule has 0 amide bonds. The molecule has 1 unspecified atom stereocenters. The Morgan fingerprint density at radius 1 is 1.39 bits per heavy atom. The van der Waals surface area contributed by atoms with Gasteiger partial charge in [-0.15, -0.1) is 0 Å². The topological polar surface area (TPSA) is 55.4 Å². The number of nitrogens with one attached hydrogen (secondary N) is 1. The van der Waals surface area contributed by atoms with Gasteiger partial charge in [-0.1, -0.05) is 24.3 Å². The van der Waals surface area contributed by atoms with E-state index in [0.29, 0.717) is 6.61 Å². The van der Waals surface area contributed by atoms with Gasteiger partial charge in [0, 0.05) is 19.0 Å². The Morgan fingerprint density at radius 2 is 2.17 bits per heavy atom. The SMILES string of the molecule is CC(=O)CC(=O)OCCC1NCc2ccccc21. The Kier molecular flexibility index (Phi) is 4.10. The first-order valence-corrected chi connectivity index (χ1v) is 6.13. The van der Waals surface area contributed by atoms with E-state index in [4.69, 9.17) is 4.74 Å². The van der Waals surface area contributed by atoms with Crippen LogP contribution in [0.15, 0.2) is 24.3 Å². The fraction of sp³-hybridized carbons (Fsp3) is 0.429. The van der Waals surface area contributed by atoms with Gasteiger partial charge in [0.25, 0.3) is 0 Å². The van der Waals surface area contributed by atoms with Crippen molar-refractivity contribution < 1.29 is 14.3 Å². The van der Waals surface area contributed by atoms with Crippen LogP contribution in [0.2, 0.25) is 0 Å². The molecule has 1 aromatic carbocycles. The molecule has 18 heavy (non-hydrogen) atoms. The van der Waals surface area contributed by atoms with E-state index < -0.39 is 5.97 Å². The number of hydrogen-bond acceptors (Lipinski definition) is 4. The van der Waals surface area contributed by atoms with Crippen molar-refractivity contribution >= 4 is 11.8 Å². The summed E-state index contributed by atoms with van der Waals surface area (Å²) in [6.07, 6.45) is 0.606. The van der Waals surface area contributed by atoms with Crippen molar-refractivity contribution in [3.63, 3.8) is 0 Å². The third kappa shape index (κ3) is 3.17. The monoisotopic (exact) mass is 247 g/mol. The lowest BCUT2D eigenvalue weighted by atomic mass is 10.0. The third-order valence-corrected chi connectivity index (χ3v) is 3.03. The van der Waals surface area contributed by atoms with Crippen molar-refractivity contribution in [2.24, 2.45) is 0 Å². The van der Waals surface area contributed by atoms with Gasteiger partial charge in [-0.05, 0) is 18.1 Å². The van der Waals surface area contributed by atoms with Crippen molar-refractivity contribution in [2.75, 3.05) is 6.61 Å². The number of esters is 1. The van der Waals surface area contributed by atoms with Crippen molar-refractivity contribution in [2.45, 2.75) is 32.4 Å². The van der Waals surface area contributed by atoms with Gasteiger partial charge in [0.2, 0.25) is 0 Å². The molecule has 0 radical (unpaired) electrons. The number of benzene rings is 1. The molecule has 1 aliphatic rings. The molecule has 0 aliphatic carbocycles. The Bertz CT molecular complexity index is 456. The standard InChI is InChI=1S/C14H17NO3/c1-10(16)8-14(17)18-7-6-13-12-5-3-2-4-11(12)9-15-13/h2-5,13,15H,6-9H2,1H3. The van der Waals surface area contributed by atoms with Crippen LogP contribution in [0.25, 0.3) is 0 Å². The lowest BCUT2D eigenvalue weighted by Crippen LogP contribution is -2.16. The van der Waals surface area contributed by atoms with Gasteiger partial charge in [0.15, 0.2) is 0 Å². The predicted molar refractivity (Wildman–Crippen MR) is 66.9 cm³/mol. The summed E-state index contributed by atoms with van der Waals surface area (Å²) in [6.45, 7) is 2.59.